The maximum Gasteiger partial charge on any atom is 0.104 e. The lowest BCUT2D eigenvalue weighted by atomic mass is 9.82. The normalized spacial score (nSPS) is 13.9. The maximum absolute atomic E-state index is 12.9. The topological polar surface area (TPSA) is 67.3 Å². The number of para-hydroxylation sites is 6. The second-order valence-corrected chi connectivity index (χ2v) is 22.9. The summed E-state index contributed by atoms with van der Waals surface area (Å²) in [5.74, 6) is 0. The first kappa shape index (κ1) is 44.7. The Balaban J connectivity index is 1.21. The van der Waals surface area contributed by atoms with Gasteiger partial charge in [-0.25, -0.2) is 0 Å². The fourth-order valence-corrected chi connectivity index (χ4v) is 15.1. The summed E-state index contributed by atoms with van der Waals surface area (Å²) >= 11 is 0. The van der Waals surface area contributed by atoms with Crippen LogP contribution in [0.15, 0.2) is 218 Å². The highest BCUT2D eigenvalue weighted by atomic mass is 15.1. The summed E-state index contributed by atoms with van der Waals surface area (Å²) < 4.78 is 9.45. The molecular weight excluding hydrogens is 973 g/mol. The fraction of sp³-hybridized carbons (Fsp3) is 0.0811. The third kappa shape index (κ3) is 5.40. The molecule has 0 saturated carbocycles. The van der Waals surface area contributed by atoms with Crippen molar-refractivity contribution in [2.24, 2.45) is 0 Å². The predicted molar refractivity (Wildman–Crippen MR) is 328 cm³/mol. The molecule has 11 aromatic carbocycles. The van der Waals surface area contributed by atoms with Crippen LogP contribution in [-0.2, 0) is 10.8 Å². The molecule has 0 amide bonds. The van der Waals surface area contributed by atoms with Gasteiger partial charge in [-0.1, -0.05) is 210 Å². The third-order valence-corrected chi connectivity index (χ3v) is 18.4. The van der Waals surface area contributed by atoms with Crippen molar-refractivity contribution in [1.82, 2.24) is 18.3 Å². The van der Waals surface area contributed by atoms with Gasteiger partial charge in [-0.15, -0.1) is 0 Å². The molecule has 0 unspecified atom stereocenters. The molecule has 2 aliphatic rings. The zero-order valence-corrected chi connectivity index (χ0v) is 44.5. The molecule has 0 N–H and O–H groups in total. The molecule has 80 heavy (non-hydrogen) atoms. The van der Waals surface area contributed by atoms with E-state index >= 15 is 0 Å². The highest BCUT2D eigenvalue weighted by Gasteiger charge is 2.42. The molecular formula is C74H48N6. The van der Waals surface area contributed by atoms with Gasteiger partial charge in [-0.2, -0.15) is 10.5 Å². The Labute approximate surface area is 461 Å². The molecule has 0 fully saturated rings. The highest BCUT2D eigenvalue weighted by Crippen LogP contribution is 2.57. The number of fused-ring (bicyclic) bond motifs is 20. The number of aromatic nitrogens is 4. The van der Waals surface area contributed by atoms with Gasteiger partial charge in [0.2, 0.25) is 0 Å². The Morgan fingerprint density at radius 3 is 0.912 bits per heavy atom. The molecule has 0 bridgehead atoms. The van der Waals surface area contributed by atoms with E-state index in [1.54, 1.807) is 0 Å². The Morgan fingerprint density at radius 1 is 0.275 bits per heavy atom. The van der Waals surface area contributed by atoms with Crippen molar-refractivity contribution in [1.29, 1.82) is 10.5 Å². The van der Waals surface area contributed by atoms with Gasteiger partial charge in [0.05, 0.1) is 66.9 Å². The minimum absolute atomic E-state index is 0.323. The van der Waals surface area contributed by atoms with Crippen molar-refractivity contribution in [2.75, 3.05) is 0 Å². The Bertz CT molecular complexity index is 5140. The first-order valence-corrected chi connectivity index (χ1v) is 27.6. The number of benzene rings is 11. The summed E-state index contributed by atoms with van der Waals surface area (Å²) in [7, 11) is 0. The van der Waals surface area contributed by atoms with Crippen molar-refractivity contribution in [3.05, 3.63) is 252 Å². The second kappa shape index (κ2) is 15.6. The maximum atomic E-state index is 12.9. The van der Waals surface area contributed by atoms with E-state index in [9.17, 15) is 10.5 Å². The first-order chi connectivity index (χ1) is 39.2. The summed E-state index contributed by atoms with van der Waals surface area (Å²) in [6.07, 6.45) is 0. The van der Waals surface area contributed by atoms with E-state index in [1.165, 1.54) is 27.8 Å². The van der Waals surface area contributed by atoms with Crippen LogP contribution in [0.3, 0.4) is 0 Å². The first-order valence-electron chi connectivity index (χ1n) is 27.6. The van der Waals surface area contributed by atoms with Crippen LogP contribution in [0.2, 0.25) is 0 Å². The van der Waals surface area contributed by atoms with Crippen LogP contribution in [0.1, 0.15) is 61.1 Å². The second-order valence-electron chi connectivity index (χ2n) is 22.9. The summed E-state index contributed by atoms with van der Waals surface area (Å²) in [5, 5.41) is 34.3. The SMILES string of the molecule is CC1(C)c2ccccc2-c2c1ccc1c3ccccc3n(-c3c(C#N)c(-n4c5ccccc5c5ccccc54)c(-n4c5ccccc5c5ccc6c(c54)-c4ccccc4C6(C)C)c(-n4c5ccccc5c5ccccc54)c3C#N)c21. The van der Waals surface area contributed by atoms with Crippen LogP contribution >= 0.6 is 0 Å². The standard InChI is InChI=1S/C74H48N6/c1-73(2)55-29-13-5-27-51(55)65-57(73)39-37-49-47-25-11-19-35-63(47)79(68(49)65)67-53(41-75)70(77-59-31-15-7-21-43(59)44-22-8-16-32-60(44)77)72(71(54(67)42-76)78-61-33-17-9-23-45(61)46-24-10-18-34-62(46)78)80-64-36-20-12-26-48(64)50-38-40-58-66(69(50)80)52-28-6-14-30-56(52)74(58,3)4/h5-40H,1-4H3. The van der Waals surface area contributed by atoms with Crippen molar-refractivity contribution in [3.8, 4) is 57.1 Å². The molecule has 2 aliphatic carbocycles. The van der Waals surface area contributed by atoms with Gasteiger partial charge in [0, 0.05) is 65.0 Å². The molecule has 6 heteroatoms. The van der Waals surface area contributed by atoms with E-state index in [0.717, 1.165) is 110 Å². The van der Waals surface area contributed by atoms with Crippen molar-refractivity contribution in [3.63, 3.8) is 0 Å². The quantitative estimate of drug-likeness (QED) is 0.176. The van der Waals surface area contributed by atoms with Gasteiger partial charge in [0.15, 0.2) is 0 Å². The summed E-state index contributed by atoms with van der Waals surface area (Å²) in [6.45, 7) is 9.30. The molecule has 374 valence electrons. The van der Waals surface area contributed by atoms with Crippen molar-refractivity contribution in [2.45, 2.75) is 38.5 Å². The Hall–Kier alpha value is -10.4. The molecule has 0 atom stereocenters. The molecule has 0 radical (unpaired) electrons. The van der Waals surface area contributed by atoms with Crippen LogP contribution in [0.4, 0.5) is 0 Å². The number of hydrogen-bond acceptors (Lipinski definition) is 2. The van der Waals surface area contributed by atoms with Gasteiger partial charge >= 0.3 is 0 Å². The van der Waals surface area contributed by atoms with Crippen LogP contribution in [-0.4, -0.2) is 18.3 Å². The van der Waals surface area contributed by atoms with E-state index in [-0.39, 0.29) is 10.8 Å². The minimum Gasteiger partial charge on any atom is -0.306 e. The number of hydrogen-bond donors (Lipinski definition) is 0. The minimum atomic E-state index is -0.326. The van der Waals surface area contributed by atoms with Crippen LogP contribution < -0.4 is 0 Å². The number of nitriles is 2. The van der Waals surface area contributed by atoms with E-state index in [4.69, 9.17) is 0 Å². The lowest BCUT2D eigenvalue weighted by molar-refractivity contribution is 0.660. The van der Waals surface area contributed by atoms with Gasteiger partial charge in [0.25, 0.3) is 0 Å². The van der Waals surface area contributed by atoms with E-state index < -0.39 is 0 Å². The van der Waals surface area contributed by atoms with Crippen molar-refractivity contribution < 1.29 is 0 Å². The van der Waals surface area contributed by atoms with Gasteiger partial charge in [0.1, 0.15) is 23.3 Å². The molecule has 0 saturated heterocycles. The summed E-state index contributed by atoms with van der Waals surface area (Å²) in [5.41, 5.74) is 20.0. The average molecular weight is 1020 g/mol. The highest BCUT2D eigenvalue weighted by molar-refractivity contribution is 6.20. The van der Waals surface area contributed by atoms with E-state index in [2.05, 4.69) is 276 Å². The summed E-state index contributed by atoms with van der Waals surface area (Å²) in [6, 6.07) is 84.4. The number of nitrogens with zero attached hydrogens (tertiary/aromatic N) is 6. The molecule has 15 aromatic rings. The van der Waals surface area contributed by atoms with Crippen LogP contribution in [0.25, 0.3) is 132 Å². The predicted octanol–water partition coefficient (Wildman–Crippen LogP) is 18.4. The van der Waals surface area contributed by atoms with Crippen LogP contribution in [0, 0.1) is 22.7 Å². The molecule has 0 aliphatic heterocycles. The van der Waals surface area contributed by atoms with E-state index in [0.29, 0.717) is 28.2 Å². The number of rotatable bonds is 4. The van der Waals surface area contributed by atoms with E-state index in [1.807, 2.05) is 0 Å². The Kier molecular flexibility index (Phi) is 8.74. The zero-order valence-electron chi connectivity index (χ0n) is 44.5. The molecule has 6 nitrogen and oxygen atoms in total. The monoisotopic (exact) mass is 1020 g/mol. The largest absolute Gasteiger partial charge is 0.306 e. The fourth-order valence-electron chi connectivity index (χ4n) is 15.1. The molecule has 17 rings (SSSR count). The molecule has 0 spiro atoms. The van der Waals surface area contributed by atoms with Crippen molar-refractivity contribution >= 4 is 87.2 Å². The lowest BCUT2D eigenvalue weighted by Gasteiger charge is -2.28. The molecule has 4 heterocycles. The van der Waals surface area contributed by atoms with Gasteiger partial charge in [-0.05, 0) is 69.8 Å². The average Bonchev–Trinajstić information content (AvgIpc) is 4.39. The van der Waals surface area contributed by atoms with Gasteiger partial charge in [-0.3, -0.25) is 0 Å². The molecule has 4 aromatic heterocycles. The van der Waals surface area contributed by atoms with Gasteiger partial charge < -0.3 is 18.3 Å². The third-order valence-electron chi connectivity index (χ3n) is 18.4. The Morgan fingerprint density at radius 2 is 0.562 bits per heavy atom. The zero-order chi connectivity index (χ0) is 53.5. The lowest BCUT2D eigenvalue weighted by Crippen LogP contribution is -2.17. The summed E-state index contributed by atoms with van der Waals surface area (Å²) in [4.78, 5) is 0. The van der Waals surface area contributed by atoms with Crippen LogP contribution in [0.5, 0.6) is 0 Å². The smallest absolute Gasteiger partial charge is 0.104 e.